The average molecular weight is 529 g/mol. The lowest BCUT2D eigenvalue weighted by Crippen LogP contribution is -2.38. The van der Waals surface area contributed by atoms with Gasteiger partial charge < -0.3 is 14.4 Å². The number of benzene rings is 3. The molecule has 0 aromatic heterocycles. The third-order valence-electron chi connectivity index (χ3n) is 6.04. The van der Waals surface area contributed by atoms with Gasteiger partial charge in [-0.15, -0.1) is 0 Å². The van der Waals surface area contributed by atoms with Gasteiger partial charge in [-0.3, -0.25) is 9.10 Å². The van der Waals surface area contributed by atoms with Crippen LogP contribution in [0.4, 0.5) is 11.4 Å². The summed E-state index contributed by atoms with van der Waals surface area (Å²) in [5, 5.41) is 0.00577. The number of halogens is 1. The molecule has 1 heterocycles. The molecule has 3 aromatic rings. The standard InChI is InChI=1S/C26H25ClN2O6S/c1-17-14-18-8-4-5-9-22(18)29(17)25(30)16-35-26(31)20-15-19(12-13-21(20)27)36(32,33)28(2)23-10-6-7-11-24(23)34-3/h4-13,15,17H,14,16H2,1-3H3/t17-/m1/s1. The van der Waals surface area contributed by atoms with Crippen LogP contribution in [0.25, 0.3) is 0 Å². The van der Waals surface area contributed by atoms with Crippen molar-refractivity contribution in [2.24, 2.45) is 0 Å². The summed E-state index contributed by atoms with van der Waals surface area (Å²) in [4.78, 5) is 27.1. The predicted molar refractivity (Wildman–Crippen MR) is 137 cm³/mol. The molecule has 4 rings (SSSR count). The van der Waals surface area contributed by atoms with E-state index in [1.165, 1.54) is 26.3 Å². The highest BCUT2D eigenvalue weighted by molar-refractivity contribution is 7.92. The second-order valence-electron chi connectivity index (χ2n) is 8.31. The number of carbonyl (C=O) groups is 2. The summed E-state index contributed by atoms with van der Waals surface area (Å²) in [7, 11) is -1.25. The molecule has 36 heavy (non-hydrogen) atoms. The van der Waals surface area contributed by atoms with E-state index in [0.717, 1.165) is 21.6 Å². The number of ether oxygens (including phenoxy) is 2. The molecule has 0 N–H and O–H groups in total. The minimum atomic E-state index is -4.07. The average Bonchev–Trinajstić information content (AvgIpc) is 3.22. The highest BCUT2D eigenvalue weighted by Crippen LogP contribution is 2.33. The molecule has 1 atom stereocenters. The Morgan fingerprint density at radius 1 is 1.08 bits per heavy atom. The summed E-state index contributed by atoms with van der Waals surface area (Å²) in [6.45, 7) is 1.41. The van der Waals surface area contributed by atoms with Crippen LogP contribution in [0.2, 0.25) is 5.02 Å². The Morgan fingerprint density at radius 2 is 1.78 bits per heavy atom. The van der Waals surface area contributed by atoms with Gasteiger partial charge in [0.2, 0.25) is 0 Å². The number of methoxy groups -OCH3 is 1. The maximum atomic E-state index is 13.3. The first-order valence-electron chi connectivity index (χ1n) is 11.1. The number of amides is 1. The zero-order chi connectivity index (χ0) is 26.0. The van der Waals surface area contributed by atoms with E-state index in [9.17, 15) is 18.0 Å². The second-order valence-corrected chi connectivity index (χ2v) is 10.7. The summed E-state index contributed by atoms with van der Waals surface area (Å²) in [5.41, 5.74) is 2.00. The number of nitrogens with zero attached hydrogens (tertiary/aromatic N) is 2. The molecule has 0 unspecified atom stereocenters. The Bertz CT molecular complexity index is 1430. The normalized spacial score (nSPS) is 14.8. The number of esters is 1. The molecule has 0 bridgehead atoms. The van der Waals surface area contributed by atoms with Gasteiger partial charge in [0, 0.05) is 18.8 Å². The Hall–Kier alpha value is -3.56. The molecule has 0 aliphatic carbocycles. The number of fused-ring (bicyclic) bond motifs is 1. The zero-order valence-electron chi connectivity index (χ0n) is 20.0. The van der Waals surface area contributed by atoms with Crippen molar-refractivity contribution < 1.29 is 27.5 Å². The minimum absolute atomic E-state index is 0.00577. The van der Waals surface area contributed by atoms with Gasteiger partial charge >= 0.3 is 5.97 Å². The van der Waals surface area contributed by atoms with Crippen LogP contribution in [-0.4, -0.2) is 47.1 Å². The lowest BCUT2D eigenvalue weighted by molar-refractivity contribution is -0.122. The fourth-order valence-electron chi connectivity index (χ4n) is 4.22. The van der Waals surface area contributed by atoms with Crippen LogP contribution in [0.1, 0.15) is 22.8 Å². The smallest absolute Gasteiger partial charge is 0.340 e. The quantitative estimate of drug-likeness (QED) is 0.424. The van der Waals surface area contributed by atoms with Crippen molar-refractivity contribution in [3.8, 4) is 5.75 Å². The van der Waals surface area contributed by atoms with Crippen LogP contribution < -0.4 is 13.9 Å². The Kier molecular flexibility index (Phi) is 7.23. The van der Waals surface area contributed by atoms with E-state index in [1.807, 2.05) is 31.2 Å². The largest absolute Gasteiger partial charge is 0.495 e. The highest BCUT2D eigenvalue weighted by Gasteiger charge is 2.31. The third-order valence-corrected chi connectivity index (χ3v) is 8.14. The molecule has 8 nitrogen and oxygen atoms in total. The molecule has 1 aliphatic heterocycles. The summed E-state index contributed by atoms with van der Waals surface area (Å²) in [6, 6.07) is 17.9. The maximum Gasteiger partial charge on any atom is 0.340 e. The summed E-state index contributed by atoms with van der Waals surface area (Å²) in [5.74, 6) is -0.907. The molecule has 3 aromatic carbocycles. The van der Waals surface area contributed by atoms with E-state index in [1.54, 1.807) is 29.2 Å². The van der Waals surface area contributed by atoms with E-state index in [2.05, 4.69) is 0 Å². The first kappa shape index (κ1) is 25.5. The highest BCUT2D eigenvalue weighted by atomic mass is 35.5. The number of sulfonamides is 1. The van der Waals surface area contributed by atoms with Crippen LogP contribution in [0.3, 0.4) is 0 Å². The molecular formula is C26H25ClN2O6S. The molecule has 0 spiro atoms. The van der Waals surface area contributed by atoms with E-state index < -0.39 is 22.6 Å². The monoisotopic (exact) mass is 528 g/mol. The minimum Gasteiger partial charge on any atom is -0.495 e. The maximum absolute atomic E-state index is 13.3. The van der Waals surface area contributed by atoms with Gasteiger partial charge in [0.15, 0.2) is 6.61 Å². The number of carbonyl (C=O) groups excluding carboxylic acids is 2. The second kappa shape index (κ2) is 10.2. The fraction of sp³-hybridized carbons (Fsp3) is 0.231. The van der Waals surface area contributed by atoms with Gasteiger partial charge in [-0.25, -0.2) is 13.2 Å². The van der Waals surface area contributed by atoms with Crippen molar-refractivity contribution in [3.05, 3.63) is 82.9 Å². The van der Waals surface area contributed by atoms with Gasteiger partial charge in [0.25, 0.3) is 15.9 Å². The van der Waals surface area contributed by atoms with Crippen molar-refractivity contribution in [2.75, 3.05) is 30.0 Å². The lowest BCUT2D eigenvalue weighted by Gasteiger charge is -2.23. The third kappa shape index (κ3) is 4.76. The molecule has 188 valence electrons. The molecule has 1 aliphatic rings. The van der Waals surface area contributed by atoms with Crippen molar-refractivity contribution in [1.29, 1.82) is 0 Å². The van der Waals surface area contributed by atoms with Gasteiger partial charge in [-0.2, -0.15) is 0 Å². The molecule has 0 saturated heterocycles. The lowest BCUT2D eigenvalue weighted by atomic mass is 10.1. The van der Waals surface area contributed by atoms with E-state index in [4.69, 9.17) is 21.1 Å². The molecule has 10 heteroatoms. The summed E-state index contributed by atoms with van der Waals surface area (Å²) in [6.07, 6.45) is 0.710. The van der Waals surface area contributed by atoms with Crippen molar-refractivity contribution >= 4 is 44.9 Å². The van der Waals surface area contributed by atoms with Crippen LogP contribution in [0.15, 0.2) is 71.6 Å². The topological polar surface area (TPSA) is 93.2 Å². The van der Waals surface area contributed by atoms with Crippen molar-refractivity contribution in [2.45, 2.75) is 24.3 Å². The van der Waals surface area contributed by atoms with Crippen molar-refractivity contribution in [3.63, 3.8) is 0 Å². The molecule has 0 saturated carbocycles. The number of para-hydroxylation sites is 3. The van der Waals surface area contributed by atoms with Crippen LogP contribution >= 0.6 is 11.6 Å². The fourth-order valence-corrected chi connectivity index (χ4v) is 5.65. The molecule has 0 radical (unpaired) electrons. The number of rotatable bonds is 7. The first-order valence-corrected chi connectivity index (χ1v) is 13.0. The Labute approximate surface area is 215 Å². The SMILES string of the molecule is COc1ccccc1N(C)S(=O)(=O)c1ccc(Cl)c(C(=O)OCC(=O)N2c3ccccc3C[C@H]2C)c1. The zero-order valence-corrected chi connectivity index (χ0v) is 21.5. The van der Waals surface area contributed by atoms with Gasteiger partial charge in [0.05, 0.1) is 28.3 Å². The van der Waals surface area contributed by atoms with Gasteiger partial charge in [-0.1, -0.05) is 41.9 Å². The first-order chi connectivity index (χ1) is 17.1. The molecule has 0 fully saturated rings. The van der Waals surface area contributed by atoms with Crippen molar-refractivity contribution in [1.82, 2.24) is 0 Å². The van der Waals surface area contributed by atoms with Crippen LogP contribution in [-0.2, 0) is 26.0 Å². The van der Waals surface area contributed by atoms with E-state index in [0.29, 0.717) is 17.9 Å². The van der Waals surface area contributed by atoms with Crippen LogP contribution in [0, 0.1) is 0 Å². The summed E-state index contributed by atoms with van der Waals surface area (Å²) < 4.78 is 38.2. The molecular weight excluding hydrogens is 504 g/mol. The van der Waals surface area contributed by atoms with E-state index in [-0.39, 0.29) is 27.4 Å². The number of anilines is 2. The number of hydrogen-bond acceptors (Lipinski definition) is 6. The van der Waals surface area contributed by atoms with Gasteiger partial charge in [-0.05, 0) is 55.3 Å². The van der Waals surface area contributed by atoms with Gasteiger partial charge in [0.1, 0.15) is 5.75 Å². The summed E-state index contributed by atoms with van der Waals surface area (Å²) >= 11 is 6.19. The Morgan fingerprint density at radius 3 is 2.53 bits per heavy atom. The number of hydrogen-bond donors (Lipinski definition) is 0. The Balaban J connectivity index is 1.53. The predicted octanol–water partition coefficient (Wildman–Crippen LogP) is 4.31. The van der Waals surface area contributed by atoms with E-state index >= 15 is 0 Å². The van der Waals surface area contributed by atoms with Crippen LogP contribution in [0.5, 0.6) is 5.75 Å². The molecule has 1 amide bonds.